The molecule has 2 heterocycles. The van der Waals surface area contributed by atoms with E-state index in [1.807, 2.05) is 11.3 Å². The third-order valence-electron chi connectivity index (χ3n) is 3.28. The molecule has 1 saturated carbocycles. The zero-order chi connectivity index (χ0) is 13.2. The van der Waals surface area contributed by atoms with Gasteiger partial charge in [-0.25, -0.2) is 9.97 Å². The average Bonchev–Trinajstić information content (AvgIpc) is 3.03. The Labute approximate surface area is 122 Å². The van der Waals surface area contributed by atoms with E-state index in [-0.39, 0.29) is 0 Å². The molecule has 3 rings (SSSR count). The molecule has 2 aromatic rings. The van der Waals surface area contributed by atoms with Crippen molar-refractivity contribution in [3.63, 3.8) is 0 Å². The number of anilines is 1. The second-order valence-electron chi connectivity index (χ2n) is 5.06. The van der Waals surface area contributed by atoms with Crippen molar-refractivity contribution in [2.24, 2.45) is 0 Å². The molecule has 1 N–H and O–H groups in total. The van der Waals surface area contributed by atoms with Crippen LogP contribution in [0.5, 0.6) is 0 Å². The largest absolute Gasteiger partial charge is 0.362 e. The van der Waals surface area contributed by atoms with E-state index in [1.165, 1.54) is 35.6 Å². The zero-order valence-electron chi connectivity index (χ0n) is 11.4. The normalized spacial score (nSPS) is 14.8. The highest BCUT2D eigenvalue weighted by atomic mass is 32.1. The van der Waals surface area contributed by atoms with Gasteiger partial charge in [0.25, 0.3) is 0 Å². The van der Waals surface area contributed by atoms with Crippen molar-refractivity contribution >= 4 is 27.8 Å². The summed E-state index contributed by atoms with van der Waals surface area (Å²) in [5.41, 5.74) is 2.23. The van der Waals surface area contributed by atoms with Crippen molar-refractivity contribution in [2.75, 3.05) is 11.9 Å². The maximum absolute atomic E-state index is 4.70. The maximum Gasteiger partial charge on any atom is 0.183 e. The molecule has 0 aromatic carbocycles. The van der Waals surface area contributed by atoms with Gasteiger partial charge in [0.05, 0.1) is 21.3 Å². The minimum atomic E-state index is 0.734. The van der Waals surface area contributed by atoms with E-state index in [0.29, 0.717) is 0 Å². The molecule has 3 nitrogen and oxygen atoms in total. The highest BCUT2D eigenvalue weighted by molar-refractivity contribution is 7.17. The third kappa shape index (κ3) is 2.98. The van der Waals surface area contributed by atoms with E-state index in [1.54, 1.807) is 11.3 Å². The Balaban J connectivity index is 1.74. The summed E-state index contributed by atoms with van der Waals surface area (Å²) in [6, 6.07) is 0. The Morgan fingerprint density at radius 3 is 2.95 bits per heavy atom. The molecule has 0 amide bonds. The predicted molar refractivity (Wildman–Crippen MR) is 83.3 cm³/mol. The van der Waals surface area contributed by atoms with Gasteiger partial charge in [-0.3, -0.25) is 0 Å². The number of nitrogens with one attached hydrogen (secondary N) is 1. The fourth-order valence-corrected chi connectivity index (χ4v) is 3.99. The Morgan fingerprint density at radius 2 is 2.21 bits per heavy atom. The molecule has 0 saturated heterocycles. The number of rotatable bonds is 6. The zero-order valence-corrected chi connectivity index (χ0v) is 13.0. The summed E-state index contributed by atoms with van der Waals surface area (Å²) >= 11 is 3.52. The van der Waals surface area contributed by atoms with Crippen molar-refractivity contribution in [1.29, 1.82) is 0 Å². The number of thiazole rings is 2. The molecule has 0 bridgehead atoms. The number of nitrogens with zero attached hydrogens (tertiary/aromatic N) is 2. The van der Waals surface area contributed by atoms with Crippen molar-refractivity contribution in [1.82, 2.24) is 9.97 Å². The number of aryl methyl sites for hydroxylation is 1. The number of hydrogen-bond acceptors (Lipinski definition) is 5. The van der Waals surface area contributed by atoms with Crippen molar-refractivity contribution in [3.8, 4) is 10.6 Å². The molecule has 1 aliphatic carbocycles. The second kappa shape index (κ2) is 5.59. The van der Waals surface area contributed by atoms with Gasteiger partial charge < -0.3 is 5.32 Å². The van der Waals surface area contributed by atoms with Gasteiger partial charge in [-0.05, 0) is 26.2 Å². The average molecular weight is 293 g/mol. The van der Waals surface area contributed by atoms with Crippen LogP contribution in [0.15, 0.2) is 5.38 Å². The quantitative estimate of drug-likeness (QED) is 0.787. The van der Waals surface area contributed by atoms with Crippen LogP contribution in [0.25, 0.3) is 10.6 Å². The van der Waals surface area contributed by atoms with E-state index in [4.69, 9.17) is 4.98 Å². The SMILES string of the molecule is CCCCNc1nc(-c2sc(C3CC3)nc2C)cs1. The van der Waals surface area contributed by atoms with Gasteiger partial charge in [-0.15, -0.1) is 22.7 Å². The first-order valence-corrected chi connectivity index (χ1v) is 8.64. The lowest BCUT2D eigenvalue weighted by Gasteiger charge is -1.99. The maximum atomic E-state index is 4.70. The lowest BCUT2D eigenvalue weighted by Crippen LogP contribution is -1.99. The molecule has 2 aromatic heterocycles. The van der Waals surface area contributed by atoms with Crippen LogP contribution in [-0.2, 0) is 0 Å². The molecule has 0 unspecified atom stereocenters. The first-order chi connectivity index (χ1) is 9.28. The lowest BCUT2D eigenvalue weighted by atomic mass is 10.3. The van der Waals surface area contributed by atoms with E-state index < -0.39 is 0 Å². The van der Waals surface area contributed by atoms with Gasteiger partial charge >= 0.3 is 0 Å². The Morgan fingerprint density at radius 1 is 1.37 bits per heavy atom. The van der Waals surface area contributed by atoms with Gasteiger partial charge in [-0.2, -0.15) is 0 Å². The monoisotopic (exact) mass is 293 g/mol. The topological polar surface area (TPSA) is 37.8 Å². The fourth-order valence-electron chi connectivity index (χ4n) is 1.99. The second-order valence-corrected chi connectivity index (χ2v) is 6.95. The van der Waals surface area contributed by atoms with Gasteiger partial charge in [0.2, 0.25) is 0 Å². The molecule has 1 fully saturated rings. The van der Waals surface area contributed by atoms with Crippen LogP contribution in [-0.4, -0.2) is 16.5 Å². The summed E-state index contributed by atoms with van der Waals surface area (Å²) in [6.07, 6.45) is 5.03. The predicted octanol–water partition coefficient (Wildman–Crippen LogP) is 4.66. The van der Waals surface area contributed by atoms with E-state index >= 15 is 0 Å². The van der Waals surface area contributed by atoms with Crippen LogP contribution in [0.4, 0.5) is 5.13 Å². The summed E-state index contributed by atoms with van der Waals surface area (Å²) in [5.74, 6) is 0.734. The first kappa shape index (κ1) is 13.1. The summed E-state index contributed by atoms with van der Waals surface area (Å²) in [7, 11) is 0. The van der Waals surface area contributed by atoms with Crippen LogP contribution in [0.2, 0.25) is 0 Å². The number of hydrogen-bond donors (Lipinski definition) is 1. The Bertz CT molecular complexity index is 555. The molecule has 1 aliphatic rings. The molecule has 0 aliphatic heterocycles. The molecular weight excluding hydrogens is 274 g/mol. The van der Waals surface area contributed by atoms with Crippen LogP contribution < -0.4 is 5.32 Å². The van der Waals surface area contributed by atoms with Gasteiger partial charge in [-0.1, -0.05) is 13.3 Å². The standard InChI is InChI=1S/C14H19N3S2/c1-3-4-7-15-14-17-11(8-18-14)12-9(2)16-13(19-12)10-5-6-10/h8,10H,3-7H2,1-2H3,(H,15,17). The van der Waals surface area contributed by atoms with Gasteiger partial charge in [0, 0.05) is 17.8 Å². The van der Waals surface area contributed by atoms with Crippen LogP contribution >= 0.6 is 22.7 Å². The first-order valence-electron chi connectivity index (χ1n) is 6.95. The summed E-state index contributed by atoms with van der Waals surface area (Å²) < 4.78 is 0. The smallest absolute Gasteiger partial charge is 0.183 e. The highest BCUT2D eigenvalue weighted by Gasteiger charge is 2.28. The number of aromatic nitrogens is 2. The molecule has 5 heteroatoms. The van der Waals surface area contributed by atoms with Gasteiger partial charge in [0.15, 0.2) is 5.13 Å². The Kier molecular flexibility index (Phi) is 3.84. The summed E-state index contributed by atoms with van der Waals surface area (Å²) in [4.78, 5) is 10.6. The van der Waals surface area contributed by atoms with E-state index in [0.717, 1.165) is 29.0 Å². The van der Waals surface area contributed by atoms with Crippen molar-refractivity contribution < 1.29 is 0 Å². The third-order valence-corrected chi connectivity index (χ3v) is 5.43. The van der Waals surface area contributed by atoms with Crippen LogP contribution in [0.3, 0.4) is 0 Å². The minimum Gasteiger partial charge on any atom is -0.362 e. The Hall–Kier alpha value is -0.940. The molecular formula is C14H19N3S2. The molecule has 19 heavy (non-hydrogen) atoms. The van der Waals surface area contributed by atoms with Gasteiger partial charge in [0.1, 0.15) is 0 Å². The highest BCUT2D eigenvalue weighted by Crippen LogP contribution is 2.44. The molecule has 0 spiro atoms. The molecule has 102 valence electrons. The summed E-state index contributed by atoms with van der Waals surface area (Å²) in [6.45, 7) is 5.31. The lowest BCUT2D eigenvalue weighted by molar-refractivity contribution is 0.833. The molecule has 0 atom stereocenters. The van der Waals surface area contributed by atoms with Crippen LogP contribution in [0.1, 0.15) is 49.2 Å². The van der Waals surface area contributed by atoms with E-state index in [2.05, 4.69) is 29.5 Å². The fraction of sp³-hybridized carbons (Fsp3) is 0.571. The van der Waals surface area contributed by atoms with Crippen molar-refractivity contribution in [3.05, 3.63) is 16.1 Å². The number of unbranched alkanes of at least 4 members (excludes halogenated alkanes) is 1. The van der Waals surface area contributed by atoms with E-state index in [9.17, 15) is 0 Å². The van der Waals surface area contributed by atoms with Crippen LogP contribution in [0, 0.1) is 6.92 Å². The van der Waals surface area contributed by atoms with Crippen molar-refractivity contribution in [2.45, 2.75) is 45.4 Å². The minimum absolute atomic E-state index is 0.734. The summed E-state index contributed by atoms with van der Waals surface area (Å²) in [5, 5.41) is 7.87. The molecule has 0 radical (unpaired) electrons.